The molecule has 1 rings (SSSR count). The number of ether oxygens (including phenoxy) is 1. The zero-order chi connectivity index (χ0) is 15.5. The first-order chi connectivity index (χ1) is 9.40. The normalized spacial score (nSPS) is 9.15. The smallest absolute Gasteiger partial charge is 0.480 e. The molecule has 0 fully saturated rings. The first-order valence-electron chi connectivity index (χ1n) is 5.31. The van der Waals surface area contributed by atoms with Crippen LogP contribution in [0.15, 0.2) is 12.1 Å². The van der Waals surface area contributed by atoms with Crippen molar-refractivity contribution in [1.29, 1.82) is 0 Å². The van der Waals surface area contributed by atoms with Crippen molar-refractivity contribution in [3.63, 3.8) is 0 Å². The molecular formula is C10H14BNO7S. The van der Waals surface area contributed by atoms with Gasteiger partial charge in [0.15, 0.2) is 6.29 Å². The molecule has 0 bridgehead atoms. The van der Waals surface area contributed by atoms with Crippen LogP contribution in [0.5, 0.6) is 0 Å². The van der Waals surface area contributed by atoms with Gasteiger partial charge in [0, 0.05) is 4.78 Å². The molecule has 8 nitrogen and oxygen atoms in total. The van der Waals surface area contributed by atoms with Crippen LogP contribution in [0.25, 0.3) is 0 Å². The Hall–Kier alpha value is -1.75. The number of carboxylic acid groups (broad SMARTS) is 1. The summed E-state index contributed by atoms with van der Waals surface area (Å²) in [4.78, 5) is 30.8. The van der Waals surface area contributed by atoms with E-state index >= 15 is 0 Å². The van der Waals surface area contributed by atoms with E-state index in [1.165, 1.54) is 13.2 Å². The van der Waals surface area contributed by atoms with E-state index in [-0.39, 0.29) is 13.1 Å². The summed E-state index contributed by atoms with van der Waals surface area (Å²) in [6.45, 7) is -0.294. The van der Waals surface area contributed by atoms with Gasteiger partial charge in [-0.2, -0.15) is 0 Å². The number of carboxylic acids is 1. The highest BCUT2D eigenvalue weighted by atomic mass is 32.1. The van der Waals surface area contributed by atoms with Crippen LogP contribution in [0.3, 0.4) is 0 Å². The minimum absolute atomic E-state index is 0.0667. The highest BCUT2D eigenvalue weighted by Crippen LogP contribution is 2.02. The van der Waals surface area contributed by atoms with Crippen LogP contribution in [-0.2, 0) is 14.3 Å². The molecule has 0 saturated carbocycles. The number of carbonyl (C=O) groups is 3. The molecule has 0 radical (unpaired) electrons. The van der Waals surface area contributed by atoms with E-state index in [0.717, 1.165) is 11.3 Å². The van der Waals surface area contributed by atoms with Gasteiger partial charge in [-0.3, -0.25) is 19.7 Å². The highest BCUT2D eigenvalue weighted by Gasteiger charge is 2.12. The maximum atomic E-state index is 10.3. The van der Waals surface area contributed by atoms with Gasteiger partial charge in [0.2, 0.25) is 0 Å². The van der Waals surface area contributed by atoms with Crippen molar-refractivity contribution in [1.82, 2.24) is 5.32 Å². The summed E-state index contributed by atoms with van der Waals surface area (Å²) in [5, 5.41) is 27.6. The van der Waals surface area contributed by atoms with E-state index in [2.05, 4.69) is 10.1 Å². The second-order valence-corrected chi connectivity index (χ2v) is 4.45. The SMILES string of the molecule is COC(=O)CNCC(=O)O.O=Cc1ccc(B(O)O)s1. The van der Waals surface area contributed by atoms with Crippen molar-refractivity contribution in [2.24, 2.45) is 0 Å². The third-order valence-electron chi connectivity index (χ3n) is 1.79. The predicted molar refractivity (Wildman–Crippen MR) is 72.1 cm³/mol. The summed E-state index contributed by atoms with van der Waals surface area (Å²) in [6, 6.07) is 3.06. The molecule has 10 heteroatoms. The molecule has 1 aromatic heterocycles. The number of aliphatic carboxylic acids is 1. The van der Waals surface area contributed by atoms with Crippen LogP contribution in [-0.4, -0.2) is 60.7 Å². The van der Waals surface area contributed by atoms with Crippen molar-refractivity contribution in [2.45, 2.75) is 0 Å². The van der Waals surface area contributed by atoms with Crippen molar-refractivity contribution in [3.8, 4) is 0 Å². The third-order valence-corrected chi connectivity index (χ3v) is 2.84. The summed E-state index contributed by atoms with van der Waals surface area (Å²) < 4.78 is 4.63. The molecule has 1 heterocycles. The van der Waals surface area contributed by atoms with E-state index in [1.54, 1.807) is 6.07 Å². The fourth-order valence-electron chi connectivity index (χ4n) is 0.914. The summed E-state index contributed by atoms with van der Waals surface area (Å²) >= 11 is 1.07. The Balaban J connectivity index is 0.000000361. The third kappa shape index (κ3) is 8.37. The van der Waals surface area contributed by atoms with Gasteiger partial charge in [-0.05, 0) is 6.07 Å². The Kier molecular flexibility index (Phi) is 9.21. The molecule has 0 aliphatic carbocycles. The standard InChI is InChI=1S/C5H5BO3S.C5H9NO4/c7-3-4-1-2-5(10-4)6(8)9;1-10-5(9)3-6-2-4(7)8/h1-3,8-9H;6H,2-3H2,1H3,(H,7,8). The number of hydrogen-bond donors (Lipinski definition) is 4. The van der Waals surface area contributed by atoms with Crippen LogP contribution in [0.4, 0.5) is 0 Å². The Morgan fingerprint density at radius 1 is 1.40 bits per heavy atom. The van der Waals surface area contributed by atoms with E-state index in [0.29, 0.717) is 15.9 Å². The molecule has 0 unspecified atom stereocenters. The van der Waals surface area contributed by atoms with E-state index in [9.17, 15) is 14.4 Å². The van der Waals surface area contributed by atoms with Crippen molar-refractivity contribution in [3.05, 3.63) is 17.0 Å². The van der Waals surface area contributed by atoms with Gasteiger partial charge in [0.05, 0.1) is 25.1 Å². The summed E-state index contributed by atoms with van der Waals surface area (Å²) in [5.74, 6) is -1.47. The van der Waals surface area contributed by atoms with Crippen LogP contribution in [0.2, 0.25) is 0 Å². The Morgan fingerprint density at radius 2 is 2.05 bits per heavy atom. The summed E-state index contributed by atoms with van der Waals surface area (Å²) in [7, 11) is -0.219. The minimum atomic E-state index is -1.46. The number of aldehydes is 1. The van der Waals surface area contributed by atoms with Gasteiger partial charge < -0.3 is 19.9 Å². The average Bonchev–Trinajstić information content (AvgIpc) is 2.87. The van der Waals surface area contributed by atoms with Crippen LogP contribution < -0.4 is 10.1 Å². The lowest BCUT2D eigenvalue weighted by atomic mass is 9.90. The number of nitrogens with one attached hydrogen (secondary N) is 1. The zero-order valence-electron chi connectivity index (χ0n) is 10.6. The van der Waals surface area contributed by atoms with Crippen LogP contribution >= 0.6 is 11.3 Å². The average molecular weight is 303 g/mol. The molecule has 1 aromatic rings. The van der Waals surface area contributed by atoms with Gasteiger partial charge in [-0.15, -0.1) is 11.3 Å². The second kappa shape index (κ2) is 10.1. The molecular weight excluding hydrogens is 289 g/mol. The number of hydrogen-bond acceptors (Lipinski definition) is 8. The van der Waals surface area contributed by atoms with E-state index in [1.807, 2.05) is 0 Å². The number of thiophene rings is 1. The van der Waals surface area contributed by atoms with Crippen molar-refractivity contribution < 1.29 is 34.3 Å². The molecule has 0 aromatic carbocycles. The van der Waals surface area contributed by atoms with Gasteiger partial charge in [0.1, 0.15) is 0 Å². The number of rotatable bonds is 6. The molecule has 0 aliphatic rings. The first-order valence-corrected chi connectivity index (χ1v) is 6.12. The molecule has 20 heavy (non-hydrogen) atoms. The van der Waals surface area contributed by atoms with Gasteiger partial charge >= 0.3 is 19.1 Å². The van der Waals surface area contributed by atoms with Crippen molar-refractivity contribution in [2.75, 3.05) is 20.2 Å². The lowest BCUT2D eigenvalue weighted by molar-refractivity contribution is -0.140. The monoisotopic (exact) mass is 303 g/mol. The van der Waals surface area contributed by atoms with Gasteiger partial charge in [-0.25, -0.2) is 0 Å². The van der Waals surface area contributed by atoms with Crippen molar-refractivity contribution >= 4 is 41.5 Å². The first kappa shape index (κ1) is 18.3. The summed E-state index contributed by atoms with van der Waals surface area (Å²) in [6.07, 6.45) is 0.677. The largest absolute Gasteiger partial charge is 0.499 e. The minimum Gasteiger partial charge on any atom is -0.480 e. The maximum absolute atomic E-state index is 10.3. The zero-order valence-corrected chi connectivity index (χ0v) is 11.4. The molecule has 110 valence electrons. The van der Waals surface area contributed by atoms with E-state index < -0.39 is 19.1 Å². The van der Waals surface area contributed by atoms with Gasteiger partial charge in [0.25, 0.3) is 0 Å². The quantitative estimate of drug-likeness (QED) is 0.271. The lowest BCUT2D eigenvalue weighted by Gasteiger charge is -1.97. The molecule has 0 spiro atoms. The fourth-order valence-corrected chi connectivity index (χ4v) is 1.61. The molecule has 0 aliphatic heterocycles. The molecule has 0 amide bonds. The number of methoxy groups -OCH3 is 1. The fraction of sp³-hybridized carbons (Fsp3) is 0.300. The number of carbonyl (C=O) groups excluding carboxylic acids is 2. The molecule has 0 atom stereocenters. The summed E-state index contributed by atoms with van der Waals surface area (Å²) in [5.41, 5.74) is 0. The Morgan fingerprint density at radius 3 is 2.40 bits per heavy atom. The highest BCUT2D eigenvalue weighted by molar-refractivity contribution is 7.23. The van der Waals surface area contributed by atoms with Gasteiger partial charge in [-0.1, -0.05) is 6.07 Å². The molecule has 0 saturated heterocycles. The molecule has 4 N–H and O–H groups in total. The maximum Gasteiger partial charge on any atom is 0.499 e. The van der Waals surface area contributed by atoms with Crippen LogP contribution in [0, 0.1) is 0 Å². The topological polar surface area (TPSA) is 133 Å². The number of esters is 1. The van der Waals surface area contributed by atoms with E-state index in [4.69, 9.17) is 15.2 Å². The Bertz CT molecular complexity index is 449. The lowest BCUT2D eigenvalue weighted by Crippen LogP contribution is -2.28. The predicted octanol–water partition coefficient (Wildman–Crippen LogP) is -1.93. The van der Waals surface area contributed by atoms with Crippen LogP contribution in [0.1, 0.15) is 9.67 Å². The second-order valence-electron chi connectivity index (χ2n) is 3.31. The Labute approximate surface area is 119 Å².